The normalized spacial score (nSPS) is 17.8. The zero-order chi connectivity index (χ0) is 10.8. The third kappa shape index (κ3) is 2.50. The number of nitrogens with one attached hydrogen (secondary N) is 1. The maximum Gasteiger partial charge on any atom is 0.203 e. The largest absolute Gasteiger partial charge is 0.383 e. The van der Waals surface area contributed by atoms with E-state index in [0.717, 1.165) is 18.2 Å². The standard InChI is InChI=1S/C11H19N3O/c1-8-6-14(9(2)7-15-3)11(12-8)13-10-4-5-10/h6,9-10H,4-5,7H2,1-3H3,(H,12,13). The maximum atomic E-state index is 5.17. The molecule has 15 heavy (non-hydrogen) atoms. The maximum absolute atomic E-state index is 5.17. The molecule has 1 aromatic heterocycles. The van der Waals surface area contributed by atoms with E-state index in [9.17, 15) is 0 Å². The van der Waals surface area contributed by atoms with Gasteiger partial charge < -0.3 is 14.6 Å². The van der Waals surface area contributed by atoms with Crippen LogP contribution >= 0.6 is 0 Å². The van der Waals surface area contributed by atoms with Crippen molar-refractivity contribution < 1.29 is 4.74 Å². The van der Waals surface area contributed by atoms with Crippen molar-refractivity contribution in [1.29, 1.82) is 0 Å². The summed E-state index contributed by atoms with van der Waals surface area (Å²) in [5.41, 5.74) is 1.06. The highest BCUT2D eigenvalue weighted by atomic mass is 16.5. The van der Waals surface area contributed by atoms with E-state index in [1.807, 2.05) is 6.92 Å². The van der Waals surface area contributed by atoms with E-state index >= 15 is 0 Å². The van der Waals surface area contributed by atoms with Crippen LogP contribution in [0.3, 0.4) is 0 Å². The zero-order valence-corrected chi connectivity index (χ0v) is 9.66. The summed E-state index contributed by atoms with van der Waals surface area (Å²) in [5.74, 6) is 0.986. The van der Waals surface area contributed by atoms with Gasteiger partial charge in [0.25, 0.3) is 0 Å². The Kier molecular flexibility index (Phi) is 2.95. The van der Waals surface area contributed by atoms with Crippen molar-refractivity contribution in [1.82, 2.24) is 9.55 Å². The zero-order valence-electron chi connectivity index (χ0n) is 9.66. The van der Waals surface area contributed by atoms with Crippen LogP contribution in [0.1, 0.15) is 31.5 Å². The van der Waals surface area contributed by atoms with Crippen LogP contribution in [0.2, 0.25) is 0 Å². The average molecular weight is 209 g/mol. The fourth-order valence-corrected chi connectivity index (χ4v) is 1.69. The molecule has 0 aromatic carbocycles. The molecule has 1 fully saturated rings. The Hall–Kier alpha value is -1.03. The Morgan fingerprint density at radius 1 is 1.67 bits per heavy atom. The van der Waals surface area contributed by atoms with Crippen molar-refractivity contribution in [2.45, 2.75) is 38.8 Å². The molecule has 1 N–H and O–H groups in total. The fourth-order valence-electron chi connectivity index (χ4n) is 1.69. The highest BCUT2D eigenvalue weighted by Crippen LogP contribution is 2.25. The minimum absolute atomic E-state index is 0.331. The molecular weight excluding hydrogens is 190 g/mol. The highest BCUT2D eigenvalue weighted by Gasteiger charge is 2.23. The summed E-state index contributed by atoms with van der Waals surface area (Å²) in [6, 6.07) is 0.970. The van der Waals surface area contributed by atoms with Gasteiger partial charge >= 0.3 is 0 Å². The van der Waals surface area contributed by atoms with Gasteiger partial charge in [-0.15, -0.1) is 0 Å². The van der Waals surface area contributed by atoms with Gasteiger partial charge in [-0.25, -0.2) is 4.98 Å². The molecule has 0 radical (unpaired) electrons. The Labute approximate surface area is 90.6 Å². The van der Waals surface area contributed by atoms with Gasteiger partial charge in [0.2, 0.25) is 5.95 Å². The highest BCUT2D eigenvalue weighted by molar-refractivity contribution is 5.32. The first-order valence-electron chi connectivity index (χ1n) is 5.51. The fraction of sp³-hybridized carbons (Fsp3) is 0.727. The molecule has 2 rings (SSSR count). The molecule has 1 aliphatic rings. The third-order valence-corrected chi connectivity index (χ3v) is 2.65. The van der Waals surface area contributed by atoms with Gasteiger partial charge in [-0.2, -0.15) is 0 Å². The molecular formula is C11H19N3O. The molecule has 1 heterocycles. The summed E-state index contributed by atoms with van der Waals surface area (Å²) in [4.78, 5) is 4.49. The Morgan fingerprint density at radius 3 is 3.00 bits per heavy atom. The van der Waals surface area contributed by atoms with E-state index in [2.05, 4.69) is 28.0 Å². The second-order valence-electron chi connectivity index (χ2n) is 4.34. The smallest absolute Gasteiger partial charge is 0.203 e. The quantitative estimate of drug-likeness (QED) is 0.806. The van der Waals surface area contributed by atoms with Gasteiger partial charge in [0, 0.05) is 19.3 Å². The number of aromatic nitrogens is 2. The molecule has 4 heteroatoms. The number of hydrogen-bond donors (Lipinski definition) is 1. The van der Waals surface area contributed by atoms with Gasteiger partial charge in [0.1, 0.15) is 0 Å². The van der Waals surface area contributed by atoms with Crippen LogP contribution in [0.15, 0.2) is 6.20 Å². The number of nitrogens with zero attached hydrogens (tertiary/aromatic N) is 2. The van der Waals surface area contributed by atoms with Gasteiger partial charge in [0.05, 0.1) is 18.3 Å². The van der Waals surface area contributed by atoms with Crippen LogP contribution in [0.25, 0.3) is 0 Å². The lowest BCUT2D eigenvalue weighted by Crippen LogP contribution is -2.15. The van der Waals surface area contributed by atoms with E-state index in [1.54, 1.807) is 7.11 Å². The van der Waals surface area contributed by atoms with Crippen molar-refractivity contribution in [3.63, 3.8) is 0 Å². The number of methoxy groups -OCH3 is 1. The molecule has 0 saturated heterocycles. The molecule has 0 bridgehead atoms. The van der Waals surface area contributed by atoms with Crippen molar-refractivity contribution in [2.24, 2.45) is 0 Å². The van der Waals surface area contributed by atoms with Crippen LogP contribution in [0, 0.1) is 6.92 Å². The minimum atomic E-state index is 0.331. The molecule has 0 amide bonds. The van der Waals surface area contributed by atoms with Gasteiger partial charge in [-0.1, -0.05) is 0 Å². The second-order valence-corrected chi connectivity index (χ2v) is 4.34. The molecule has 84 valence electrons. The van der Waals surface area contributed by atoms with E-state index in [0.29, 0.717) is 12.1 Å². The van der Waals surface area contributed by atoms with Gasteiger partial charge in [-0.05, 0) is 26.7 Å². The summed E-state index contributed by atoms with van der Waals surface area (Å²) < 4.78 is 7.33. The Balaban J connectivity index is 2.12. The molecule has 0 spiro atoms. The number of rotatable bonds is 5. The van der Waals surface area contributed by atoms with E-state index in [1.165, 1.54) is 12.8 Å². The topological polar surface area (TPSA) is 39.1 Å². The first-order chi connectivity index (χ1) is 7.20. The van der Waals surface area contributed by atoms with Crippen LogP contribution in [0.5, 0.6) is 0 Å². The van der Waals surface area contributed by atoms with Crippen LogP contribution in [-0.4, -0.2) is 29.3 Å². The lowest BCUT2D eigenvalue weighted by Gasteiger charge is -2.15. The number of hydrogen-bond acceptors (Lipinski definition) is 3. The second kappa shape index (κ2) is 4.23. The molecule has 1 unspecified atom stereocenters. The molecule has 4 nitrogen and oxygen atoms in total. The van der Waals surface area contributed by atoms with Crippen LogP contribution < -0.4 is 5.32 Å². The number of imidazole rings is 1. The third-order valence-electron chi connectivity index (χ3n) is 2.65. The van der Waals surface area contributed by atoms with Crippen molar-refractivity contribution >= 4 is 5.95 Å². The van der Waals surface area contributed by atoms with Crippen molar-refractivity contribution in [3.8, 4) is 0 Å². The number of aryl methyl sites for hydroxylation is 1. The lowest BCUT2D eigenvalue weighted by atomic mass is 10.3. The number of anilines is 1. The van der Waals surface area contributed by atoms with Crippen molar-refractivity contribution in [3.05, 3.63) is 11.9 Å². The van der Waals surface area contributed by atoms with Gasteiger partial charge in [0.15, 0.2) is 0 Å². The summed E-state index contributed by atoms with van der Waals surface area (Å²) in [6.07, 6.45) is 4.61. The predicted octanol–water partition coefficient (Wildman–Crippen LogP) is 1.97. The summed E-state index contributed by atoms with van der Waals surface area (Å²) in [6.45, 7) is 4.88. The Morgan fingerprint density at radius 2 is 2.40 bits per heavy atom. The molecule has 1 saturated carbocycles. The molecule has 1 atom stereocenters. The Bertz CT molecular complexity index is 331. The first-order valence-corrected chi connectivity index (χ1v) is 5.51. The van der Waals surface area contributed by atoms with Crippen LogP contribution in [-0.2, 0) is 4.74 Å². The lowest BCUT2D eigenvalue weighted by molar-refractivity contribution is 0.163. The van der Waals surface area contributed by atoms with Crippen LogP contribution in [0.4, 0.5) is 5.95 Å². The van der Waals surface area contributed by atoms with E-state index in [4.69, 9.17) is 4.74 Å². The van der Waals surface area contributed by atoms with Gasteiger partial charge in [-0.3, -0.25) is 0 Å². The summed E-state index contributed by atoms with van der Waals surface area (Å²) >= 11 is 0. The molecule has 1 aromatic rings. The summed E-state index contributed by atoms with van der Waals surface area (Å²) in [7, 11) is 1.73. The predicted molar refractivity (Wildman–Crippen MR) is 60.2 cm³/mol. The first kappa shape index (κ1) is 10.5. The van der Waals surface area contributed by atoms with Crippen molar-refractivity contribution in [2.75, 3.05) is 19.0 Å². The number of ether oxygens (including phenoxy) is 1. The minimum Gasteiger partial charge on any atom is -0.383 e. The monoisotopic (exact) mass is 209 g/mol. The van der Waals surface area contributed by atoms with E-state index < -0.39 is 0 Å². The molecule has 1 aliphatic carbocycles. The SMILES string of the molecule is COCC(C)n1cc(C)nc1NC1CC1. The summed E-state index contributed by atoms with van der Waals surface area (Å²) in [5, 5.41) is 3.44. The average Bonchev–Trinajstić information content (AvgIpc) is 2.90. The molecule has 0 aliphatic heterocycles. The van der Waals surface area contributed by atoms with E-state index in [-0.39, 0.29) is 0 Å².